The Kier molecular flexibility index (Phi) is 4.47. The van der Waals surface area contributed by atoms with E-state index in [-0.39, 0.29) is 5.92 Å². The van der Waals surface area contributed by atoms with Crippen LogP contribution in [0.2, 0.25) is 0 Å². The van der Waals surface area contributed by atoms with E-state index >= 15 is 0 Å². The van der Waals surface area contributed by atoms with Crippen molar-refractivity contribution in [3.8, 4) is 0 Å². The van der Waals surface area contributed by atoms with Crippen LogP contribution in [0.3, 0.4) is 0 Å². The molecule has 0 aromatic heterocycles. The van der Waals surface area contributed by atoms with Crippen molar-refractivity contribution in [2.24, 2.45) is 5.92 Å². The number of carbonyl (C=O) groups excluding carboxylic acids is 1. The van der Waals surface area contributed by atoms with Crippen LogP contribution >= 0.6 is 27.7 Å². The van der Waals surface area contributed by atoms with Gasteiger partial charge in [-0.05, 0) is 48.0 Å². The first-order valence-electron chi connectivity index (χ1n) is 5.60. The average molecular weight is 299 g/mol. The summed E-state index contributed by atoms with van der Waals surface area (Å²) in [4.78, 5) is 11.3. The Morgan fingerprint density at radius 2 is 1.88 bits per heavy atom. The van der Waals surface area contributed by atoms with Crippen LogP contribution in [0.5, 0.6) is 0 Å². The third-order valence-electron chi connectivity index (χ3n) is 3.18. The molecule has 1 aromatic rings. The summed E-state index contributed by atoms with van der Waals surface area (Å²) >= 11 is 5.42. The normalized spacial score (nSPS) is 19.3. The topological polar surface area (TPSA) is 17.1 Å². The van der Waals surface area contributed by atoms with Crippen LogP contribution in [0, 0.1) is 5.92 Å². The summed E-state index contributed by atoms with van der Waals surface area (Å²) < 4.78 is 1.07. The molecule has 0 spiro atoms. The Bertz CT molecular complexity index is 343. The molecule has 1 aliphatic rings. The molecule has 1 fully saturated rings. The van der Waals surface area contributed by atoms with Gasteiger partial charge in [0.15, 0.2) is 0 Å². The Labute approximate surface area is 109 Å². The van der Waals surface area contributed by atoms with Gasteiger partial charge in [-0.2, -0.15) is 11.8 Å². The van der Waals surface area contributed by atoms with Gasteiger partial charge in [0.05, 0.1) is 0 Å². The maximum atomic E-state index is 11.3. The number of thioether (sulfide) groups is 1. The number of benzene rings is 1. The summed E-state index contributed by atoms with van der Waals surface area (Å²) in [6.07, 6.45) is 3.47. The van der Waals surface area contributed by atoms with Crippen molar-refractivity contribution in [3.63, 3.8) is 0 Å². The highest BCUT2D eigenvalue weighted by Gasteiger charge is 2.24. The highest BCUT2D eigenvalue weighted by Crippen LogP contribution is 2.34. The van der Waals surface area contributed by atoms with E-state index in [9.17, 15) is 4.79 Å². The van der Waals surface area contributed by atoms with Crippen molar-refractivity contribution in [3.05, 3.63) is 34.3 Å². The van der Waals surface area contributed by atoms with Gasteiger partial charge < -0.3 is 4.79 Å². The molecular weight excluding hydrogens is 284 g/mol. The number of halogens is 1. The van der Waals surface area contributed by atoms with Crippen molar-refractivity contribution >= 4 is 34.0 Å². The molecule has 1 saturated heterocycles. The van der Waals surface area contributed by atoms with Crippen molar-refractivity contribution in [1.82, 2.24) is 0 Å². The molecule has 1 aliphatic heterocycles. The fourth-order valence-electron chi connectivity index (χ4n) is 2.22. The van der Waals surface area contributed by atoms with Gasteiger partial charge in [-0.25, -0.2) is 0 Å². The minimum absolute atomic E-state index is 0.0917. The lowest BCUT2D eigenvalue weighted by atomic mass is 9.83. The first-order chi connectivity index (χ1) is 7.81. The second kappa shape index (κ2) is 5.87. The van der Waals surface area contributed by atoms with E-state index in [1.807, 2.05) is 23.9 Å². The zero-order valence-corrected chi connectivity index (χ0v) is 11.5. The summed E-state index contributed by atoms with van der Waals surface area (Å²) in [6, 6.07) is 8.16. The summed E-state index contributed by atoms with van der Waals surface area (Å²) in [7, 11) is 0. The van der Waals surface area contributed by atoms with E-state index in [0.29, 0.717) is 5.92 Å². The van der Waals surface area contributed by atoms with Crippen molar-refractivity contribution in [2.45, 2.75) is 18.8 Å². The zero-order chi connectivity index (χ0) is 11.4. The van der Waals surface area contributed by atoms with E-state index in [0.717, 1.165) is 16.3 Å². The Balaban J connectivity index is 2.14. The zero-order valence-electron chi connectivity index (χ0n) is 9.06. The summed E-state index contributed by atoms with van der Waals surface area (Å²) in [6.45, 7) is 0. The number of hydrogen-bond acceptors (Lipinski definition) is 2. The molecule has 1 aromatic carbocycles. The first-order valence-corrected chi connectivity index (χ1v) is 7.54. The van der Waals surface area contributed by atoms with Crippen LogP contribution in [0.1, 0.15) is 24.3 Å². The molecule has 0 radical (unpaired) electrons. The van der Waals surface area contributed by atoms with E-state index in [4.69, 9.17) is 0 Å². The molecule has 0 bridgehead atoms. The van der Waals surface area contributed by atoms with Gasteiger partial charge >= 0.3 is 0 Å². The van der Waals surface area contributed by atoms with Crippen LogP contribution in [0.4, 0.5) is 0 Å². The fraction of sp³-hybridized carbons (Fsp3) is 0.462. The number of hydrogen-bond donors (Lipinski definition) is 0. The number of carbonyl (C=O) groups is 1. The molecule has 3 heteroatoms. The molecule has 1 heterocycles. The van der Waals surface area contributed by atoms with Gasteiger partial charge in [-0.15, -0.1) is 0 Å². The quantitative estimate of drug-likeness (QED) is 0.788. The lowest BCUT2D eigenvalue weighted by Gasteiger charge is -2.26. The van der Waals surface area contributed by atoms with Gasteiger partial charge in [0.1, 0.15) is 6.29 Å². The van der Waals surface area contributed by atoms with Crippen molar-refractivity contribution in [1.29, 1.82) is 0 Å². The predicted octanol–water partition coefficient (Wildman–Crippen LogP) is 3.87. The van der Waals surface area contributed by atoms with Crippen LogP contribution in [-0.2, 0) is 4.79 Å². The predicted molar refractivity (Wildman–Crippen MR) is 73.0 cm³/mol. The number of aldehydes is 1. The third-order valence-corrected chi connectivity index (χ3v) is 4.75. The fourth-order valence-corrected chi connectivity index (χ4v) is 3.63. The Hall–Kier alpha value is -0.280. The van der Waals surface area contributed by atoms with Crippen LogP contribution < -0.4 is 0 Å². The molecule has 0 aliphatic carbocycles. The minimum atomic E-state index is 0.0917. The second-order valence-electron chi connectivity index (χ2n) is 4.16. The van der Waals surface area contributed by atoms with E-state index in [2.05, 4.69) is 28.1 Å². The van der Waals surface area contributed by atoms with Gasteiger partial charge in [-0.3, -0.25) is 0 Å². The van der Waals surface area contributed by atoms with E-state index in [1.54, 1.807) is 0 Å². The lowest BCUT2D eigenvalue weighted by molar-refractivity contribution is -0.110. The minimum Gasteiger partial charge on any atom is -0.303 e. The molecule has 16 heavy (non-hydrogen) atoms. The highest BCUT2D eigenvalue weighted by atomic mass is 79.9. The SMILES string of the molecule is O=CC(c1ccc(Br)cc1)C1CCSCC1. The van der Waals surface area contributed by atoms with Gasteiger partial charge in [0.25, 0.3) is 0 Å². The summed E-state index contributed by atoms with van der Waals surface area (Å²) in [5, 5.41) is 0. The van der Waals surface area contributed by atoms with Gasteiger partial charge in [-0.1, -0.05) is 28.1 Å². The van der Waals surface area contributed by atoms with Crippen LogP contribution in [-0.4, -0.2) is 17.8 Å². The molecule has 0 saturated carbocycles. The molecule has 1 atom stereocenters. The smallest absolute Gasteiger partial charge is 0.127 e. The van der Waals surface area contributed by atoms with E-state index < -0.39 is 0 Å². The Morgan fingerprint density at radius 1 is 1.25 bits per heavy atom. The van der Waals surface area contributed by atoms with Gasteiger partial charge in [0, 0.05) is 10.4 Å². The molecule has 0 N–H and O–H groups in total. The number of rotatable bonds is 3. The average Bonchev–Trinajstić information content (AvgIpc) is 2.34. The van der Waals surface area contributed by atoms with Gasteiger partial charge in [0.2, 0.25) is 0 Å². The standard InChI is InChI=1S/C13H15BrOS/c14-12-3-1-10(2-4-12)13(9-15)11-5-7-16-8-6-11/h1-4,9,11,13H,5-8H2. The lowest BCUT2D eigenvalue weighted by Crippen LogP contribution is -2.19. The molecule has 1 nitrogen and oxygen atoms in total. The molecule has 2 rings (SSSR count). The third kappa shape index (κ3) is 2.89. The van der Waals surface area contributed by atoms with Crippen LogP contribution in [0.25, 0.3) is 0 Å². The maximum Gasteiger partial charge on any atom is 0.127 e. The van der Waals surface area contributed by atoms with Crippen molar-refractivity contribution in [2.75, 3.05) is 11.5 Å². The summed E-state index contributed by atoms with van der Waals surface area (Å²) in [5.41, 5.74) is 1.16. The first kappa shape index (κ1) is 12.2. The second-order valence-corrected chi connectivity index (χ2v) is 6.30. The molecule has 1 unspecified atom stereocenters. The van der Waals surface area contributed by atoms with E-state index in [1.165, 1.54) is 24.3 Å². The molecular formula is C13H15BrOS. The Morgan fingerprint density at radius 3 is 2.44 bits per heavy atom. The maximum absolute atomic E-state index is 11.3. The monoisotopic (exact) mass is 298 g/mol. The van der Waals surface area contributed by atoms with Crippen molar-refractivity contribution < 1.29 is 4.79 Å². The highest BCUT2D eigenvalue weighted by molar-refractivity contribution is 9.10. The van der Waals surface area contributed by atoms with Crippen LogP contribution in [0.15, 0.2) is 28.7 Å². The molecule has 86 valence electrons. The molecule has 0 amide bonds. The summed E-state index contributed by atoms with van der Waals surface area (Å²) in [5.74, 6) is 3.03. The largest absolute Gasteiger partial charge is 0.303 e.